The highest BCUT2D eigenvalue weighted by molar-refractivity contribution is 6.01. The largest absolute Gasteiger partial charge is 0.508 e. The Morgan fingerprint density at radius 3 is 2.26 bits per heavy atom. The first-order valence-corrected chi connectivity index (χ1v) is 8.72. The molecule has 4 rings (SSSR count). The van der Waals surface area contributed by atoms with Crippen LogP contribution in [0, 0.1) is 11.6 Å². The molecule has 0 saturated carbocycles. The van der Waals surface area contributed by atoms with Crippen molar-refractivity contribution in [2.24, 2.45) is 0 Å². The number of rotatable bonds is 3. The van der Waals surface area contributed by atoms with Gasteiger partial charge in [-0.1, -0.05) is 36.4 Å². The van der Waals surface area contributed by atoms with Gasteiger partial charge in [0, 0.05) is 12.1 Å². The van der Waals surface area contributed by atoms with Gasteiger partial charge in [0.15, 0.2) is 0 Å². The molecule has 4 heteroatoms. The molecule has 0 unspecified atom stereocenters. The SMILES string of the molecule is COc1ccc2c(c1)CCC(c1ccccc1)=C2c1c(F)cc(O)cc1F. The van der Waals surface area contributed by atoms with Crippen LogP contribution in [0.2, 0.25) is 0 Å². The third-order valence-electron chi connectivity index (χ3n) is 4.93. The molecule has 0 amide bonds. The Labute approximate surface area is 156 Å². The molecular formula is C23H18F2O2. The van der Waals surface area contributed by atoms with E-state index in [4.69, 9.17) is 4.74 Å². The minimum Gasteiger partial charge on any atom is -0.508 e. The number of hydrogen-bond acceptors (Lipinski definition) is 2. The van der Waals surface area contributed by atoms with Crippen molar-refractivity contribution < 1.29 is 18.6 Å². The highest BCUT2D eigenvalue weighted by Gasteiger charge is 2.26. The summed E-state index contributed by atoms with van der Waals surface area (Å²) in [4.78, 5) is 0. The molecule has 0 spiro atoms. The molecule has 27 heavy (non-hydrogen) atoms. The fourth-order valence-corrected chi connectivity index (χ4v) is 3.71. The maximum absolute atomic E-state index is 14.8. The lowest BCUT2D eigenvalue weighted by molar-refractivity contribution is 0.414. The predicted octanol–water partition coefficient (Wildman–Crippen LogP) is 5.58. The number of phenols is 1. The quantitative estimate of drug-likeness (QED) is 0.657. The van der Waals surface area contributed by atoms with E-state index in [-0.39, 0.29) is 5.56 Å². The first-order chi connectivity index (χ1) is 13.1. The Bertz CT molecular complexity index is 1020. The van der Waals surface area contributed by atoms with Gasteiger partial charge in [0.1, 0.15) is 23.1 Å². The van der Waals surface area contributed by atoms with E-state index in [1.165, 1.54) is 0 Å². The van der Waals surface area contributed by atoms with E-state index < -0.39 is 17.4 Å². The van der Waals surface area contributed by atoms with Crippen molar-refractivity contribution in [2.75, 3.05) is 7.11 Å². The van der Waals surface area contributed by atoms with Gasteiger partial charge in [0.05, 0.1) is 12.7 Å². The number of aromatic hydroxyl groups is 1. The summed E-state index contributed by atoms with van der Waals surface area (Å²) in [5, 5.41) is 9.55. The van der Waals surface area contributed by atoms with Crippen LogP contribution in [0.3, 0.4) is 0 Å². The Morgan fingerprint density at radius 2 is 1.59 bits per heavy atom. The van der Waals surface area contributed by atoms with Crippen molar-refractivity contribution in [3.05, 3.63) is 94.6 Å². The summed E-state index contributed by atoms with van der Waals surface area (Å²) in [6.45, 7) is 0. The van der Waals surface area contributed by atoms with E-state index in [1.807, 2.05) is 42.5 Å². The van der Waals surface area contributed by atoms with Gasteiger partial charge in [-0.2, -0.15) is 0 Å². The smallest absolute Gasteiger partial charge is 0.137 e. The van der Waals surface area contributed by atoms with Crippen molar-refractivity contribution in [1.29, 1.82) is 0 Å². The number of halogens is 2. The van der Waals surface area contributed by atoms with Gasteiger partial charge in [0.2, 0.25) is 0 Å². The predicted molar refractivity (Wildman–Crippen MR) is 102 cm³/mol. The highest BCUT2D eigenvalue weighted by Crippen LogP contribution is 2.43. The molecule has 2 nitrogen and oxygen atoms in total. The molecule has 0 saturated heterocycles. The minimum absolute atomic E-state index is 0.113. The van der Waals surface area contributed by atoms with Gasteiger partial charge in [-0.15, -0.1) is 0 Å². The summed E-state index contributed by atoms with van der Waals surface area (Å²) in [6, 6.07) is 17.1. The Morgan fingerprint density at radius 1 is 0.889 bits per heavy atom. The molecule has 0 heterocycles. The molecule has 0 fully saturated rings. The zero-order chi connectivity index (χ0) is 19.0. The van der Waals surface area contributed by atoms with Crippen LogP contribution >= 0.6 is 0 Å². The summed E-state index contributed by atoms with van der Waals surface area (Å²) in [5.74, 6) is -1.27. The summed E-state index contributed by atoms with van der Waals surface area (Å²) >= 11 is 0. The zero-order valence-corrected chi connectivity index (χ0v) is 14.8. The van der Waals surface area contributed by atoms with Crippen molar-refractivity contribution in [1.82, 2.24) is 0 Å². The molecule has 0 bridgehead atoms. The summed E-state index contributed by atoms with van der Waals surface area (Å²) in [6.07, 6.45) is 1.40. The number of allylic oxidation sites excluding steroid dienone is 1. The Kier molecular flexibility index (Phi) is 4.40. The molecule has 136 valence electrons. The first-order valence-electron chi connectivity index (χ1n) is 8.72. The second-order valence-corrected chi connectivity index (χ2v) is 6.53. The lowest BCUT2D eigenvalue weighted by Gasteiger charge is -2.25. The number of phenolic OH excluding ortho intramolecular Hbond substituents is 1. The van der Waals surface area contributed by atoms with E-state index in [2.05, 4.69) is 0 Å². The van der Waals surface area contributed by atoms with Gasteiger partial charge in [-0.05, 0) is 52.8 Å². The molecular weight excluding hydrogens is 346 g/mol. The molecule has 0 radical (unpaired) electrons. The van der Waals surface area contributed by atoms with E-state index in [9.17, 15) is 13.9 Å². The van der Waals surface area contributed by atoms with Gasteiger partial charge < -0.3 is 9.84 Å². The van der Waals surface area contributed by atoms with Crippen LogP contribution in [0.25, 0.3) is 11.1 Å². The number of benzene rings is 3. The minimum atomic E-state index is -0.778. The van der Waals surface area contributed by atoms with Crippen LogP contribution in [-0.2, 0) is 6.42 Å². The summed E-state index contributed by atoms with van der Waals surface area (Å²) in [7, 11) is 1.59. The second-order valence-electron chi connectivity index (χ2n) is 6.53. The molecule has 3 aromatic rings. The van der Waals surface area contributed by atoms with Crippen LogP contribution < -0.4 is 4.74 Å². The van der Waals surface area contributed by atoms with E-state index in [1.54, 1.807) is 13.2 Å². The van der Waals surface area contributed by atoms with Crippen molar-refractivity contribution >= 4 is 11.1 Å². The number of hydrogen-bond donors (Lipinski definition) is 1. The van der Waals surface area contributed by atoms with Crippen LogP contribution in [0.15, 0.2) is 60.7 Å². The number of ether oxygens (including phenoxy) is 1. The van der Waals surface area contributed by atoms with E-state index >= 15 is 0 Å². The molecule has 1 aliphatic carbocycles. The fraction of sp³-hybridized carbons (Fsp3) is 0.130. The maximum Gasteiger partial charge on any atom is 0.137 e. The normalized spacial score (nSPS) is 13.4. The van der Waals surface area contributed by atoms with Crippen molar-refractivity contribution in [3.8, 4) is 11.5 Å². The molecule has 0 atom stereocenters. The average Bonchev–Trinajstić information content (AvgIpc) is 2.67. The Balaban J connectivity index is 2.04. The third kappa shape index (κ3) is 3.08. The molecule has 1 aliphatic rings. The number of fused-ring (bicyclic) bond motifs is 1. The van der Waals surface area contributed by atoms with Gasteiger partial charge >= 0.3 is 0 Å². The summed E-state index contributed by atoms with van der Waals surface area (Å²) < 4.78 is 34.8. The van der Waals surface area contributed by atoms with Gasteiger partial charge in [-0.3, -0.25) is 0 Å². The lowest BCUT2D eigenvalue weighted by atomic mass is 9.79. The van der Waals surface area contributed by atoms with Crippen LogP contribution in [0.1, 0.15) is 28.7 Å². The highest BCUT2D eigenvalue weighted by atomic mass is 19.1. The monoisotopic (exact) mass is 364 g/mol. The number of aryl methyl sites for hydroxylation is 1. The van der Waals surface area contributed by atoms with Gasteiger partial charge in [-0.25, -0.2) is 8.78 Å². The zero-order valence-electron chi connectivity index (χ0n) is 14.8. The third-order valence-corrected chi connectivity index (χ3v) is 4.93. The van der Waals surface area contributed by atoms with Crippen molar-refractivity contribution in [2.45, 2.75) is 12.8 Å². The molecule has 0 aliphatic heterocycles. The number of methoxy groups -OCH3 is 1. The molecule has 0 aromatic heterocycles. The van der Waals surface area contributed by atoms with Crippen LogP contribution in [0.4, 0.5) is 8.78 Å². The average molecular weight is 364 g/mol. The van der Waals surface area contributed by atoms with E-state index in [0.29, 0.717) is 17.7 Å². The van der Waals surface area contributed by atoms with Crippen molar-refractivity contribution in [3.63, 3.8) is 0 Å². The van der Waals surface area contributed by atoms with Crippen LogP contribution in [0.5, 0.6) is 11.5 Å². The maximum atomic E-state index is 14.8. The second kappa shape index (κ2) is 6.88. The topological polar surface area (TPSA) is 29.5 Å². The standard InChI is InChI=1S/C23H18F2O2/c1-27-17-8-10-19-15(11-17)7-9-18(14-5-3-2-4-6-14)22(19)23-20(24)12-16(26)13-21(23)25/h2-6,8,10-13,26H,7,9H2,1H3. The lowest BCUT2D eigenvalue weighted by Crippen LogP contribution is -2.09. The van der Waals surface area contributed by atoms with Crippen LogP contribution in [-0.4, -0.2) is 12.2 Å². The van der Waals surface area contributed by atoms with E-state index in [0.717, 1.165) is 40.8 Å². The summed E-state index contributed by atoms with van der Waals surface area (Å²) in [5.41, 5.74) is 4.00. The fourth-order valence-electron chi connectivity index (χ4n) is 3.71. The Hall–Kier alpha value is -3.14. The molecule has 3 aromatic carbocycles. The molecule has 1 N–H and O–H groups in total. The van der Waals surface area contributed by atoms with Gasteiger partial charge in [0.25, 0.3) is 0 Å². The first kappa shape index (κ1) is 17.3.